The smallest absolute Gasteiger partial charge is 0.134 e. The van der Waals surface area contributed by atoms with Gasteiger partial charge >= 0.3 is 0 Å². The van der Waals surface area contributed by atoms with Gasteiger partial charge < -0.3 is 10.1 Å². The van der Waals surface area contributed by atoms with Gasteiger partial charge in [-0.15, -0.1) is 0 Å². The van der Waals surface area contributed by atoms with E-state index >= 15 is 0 Å². The van der Waals surface area contributed by atoms with E-state index in [1.807, 2.05) is 13.8 Å². The van der Waals surface area contributed by atoms with Gasteiger partial charge in [-0.05, 0) is 36.4 Å². The predicted molar refractivity (Wildman–Crippen MR) is 79.9 cm³/mol. The maximum absolute atomic E-state index is 13.9. The van der Waals surface area contributed by atoms with Crippen molar-refractivity contribution in [2.75, 3.05) is 0 Å². The first-order valence-corrected chi connectivity index (χ1v) is 6.88. The van der Waals surface area contributed by atoms with E-state index in [2.05, 4.69) is 5.32 Å². The molecule has 0 heterocycles. The van der Waals surface area contributed by atoms with Crippen LogP contribution in [0.5, 0.6) is 11.5 Å². The van der Waals surface area contributed by atoms with E-state index in [9.17, 15) is 4.39 Å². The van der Waals surface area contributed by atoms with E-state index in [1.54, 1.807) is 36.4 Å². The Balaban J connectivity index is 2.22. The molecule has 2 rings (SSSR count). The number of rotatable bonds is 5. The van der Waals surface area contributed by atoms with Gasteiger partial charge in [0.15, 0.2) is 0 Å². The Kier molecular flexibility index (Phi) is 4.99. The van der Waals surface area contributed by atoms with Crippen LogP contribution in [0.1, 0.15) is 19.4 Å². The van der Waals surface area contributed by atoms with Gasteiger partial charge in [-0.2, -0.15) is 0 Å². The highest BCUT2D eigenvalue weighted by molar-refractivity contribution is 6.30. The van der Waals surface area contributed by atoms with Gasteiger partial charge in [-0.25, -0.2) is 4.39 Å². The number of halogens is 2. The quantitative estimate of drug-likeness (QED) is 0.857. The van der Waals surface area contributed by atoms with Crippen molar-refractivity contribution in [3.05, 3.63) is 58.9 Å². The summed E-state index contributed by atoms with van der Waals surface area (Å²) in [5.41, 5.74) is 0.524. The lowest BCUT2D eigenvalue weighted by Crippen LogP contribution is -2.22. The second kappa shape index (κ2) is 6.73. The summed E-state index contributed by atoms with van der Waals surface area (Å²) < 4.78 is 19.7. The minimum Gasteiger partial charge on any atom is -0.457 e. The molecule has 2 aromatic rings. The molecule has 0 bridgehead atoms. The Bertz CT molecular complexity index is 569. The van der Waals surface area contributed by atoms with Gasteiger partial charge in [0.1, 0.15) is 17.3 Å². The highest BCUT2D eigenvalue weighted by atomic mass is 35.5. The Morgan fingerprint density at radius 2 is 1.85 bits per heavy atom. The highest BCUT2D eigenvalue weighted by Crippen LogP contribution is 2.28. The SMILES string of the molecule is CC(C)NCc1c(F)cccc1Oc1ccc(Cl)cc1. The van der Waals surface area contributed by atoms with Gasteiger partial charge in [0.25, 0.3) is 0 Å². The summed E-state index contributed by atoms with van der Waals surface area (Å²) in [5, 5.41) is 3.83. The molecule has 0 saturated heterocycles. The average molecular weight is 294 g/mol. The molecule has 0 spiro atoms. The molecular weight excluding hydrogens is 277 g/mol. The summed E-state index contributed by atoms with van der Waals surface area (Å²) in [6, 6.07) is 12.1. The first-order valence-electron chi connectivity index (χ1n) is 6.50. The number of benzene rings is 2. The first-order chi connectivity index (χ1) is 9.56. The summed E-state index contributed by atoms with van der Waals surface area (Å²) in [4.78, 5) is 0. The van der Waals surface area contributed by atoms with Crippen molar-refractivity contribution in [3.63, 3.8) is 0 Å². The van der Waals surface area contributed by atoms with E-state index in [4.69, 9.17) is 16.3 Å². The molecule has 0 atom stereocenters. The molecule has 0 aliphatic carbocycles. The van der Waals surface area contributed by atoms with Crippen molar-refractivity contribution in [1.82, 2.24) is 5.32 Å². The van der Waals surface area contributed by atoms with Crippen LogP contribution < -0.4 is 10.1 Å². The maximum atomic E-state index is 13.9. The number of ether oxygens (including phenoxy) is 1. The van der Waals surface area contributed by atoms with Crippen LogP contribution in [0.2, 0.25) is 5.02 Å². The minimum absolute atomic E-state index is 0.274. The molecule has 0 amide bonds. The molecule has 0 aliphatic heterocycles. The van der Waals surface area contributed by atoms with E-state index in [0.717, 1.165) is 0 Å². The predicted octanol–water partition coefficient (Wildman–Crippen LogP) is 4.77. The van der Waals surface area contributed by atoms with Crippen LogP contribution in [0.3, 0.4) is 0 Å². The molecule has 0 radical (unpaired) electrons. The summed E-state index contributed by atoms with van der Waals surface area (Å²) in [7, 11) is 0. The van der Waals surface area contributed by atoms with E-state index in [0.29, 0.717) is 28.6 Å². The fourth-order valence-corrected chi connectivity index (χ4v) is 1.87. The largest absolute Gasteiger partial charge is 0.457 e. The lowest BCUT2D eigenvalue weighted by atomic mass is 10.1. The zero-order valence-electron chi connectivity index (χ0n) is 11.5. The molecular formula is C16H17ClFNO. The molecule has 0 aliphatic rings. The van der Waals surface area contributed by atoms with Crippen molar-refractivity contribution in [3.8, 4) is 11.5 Å². The third-order valence-corrected chi connectivity index (χ3v) is 3.06. The van der Waals surface area contributed by atoms with E-state index in [-0.39, 0.29) is 11.9 Å². The van der Waals surface area contributed by atoms with E-state index < -0.39 is 0 Å². The maximum Gasteiger partial charge on any atom is 0.134 e. The summed E-state index contributed by atoms with van der Waals surface area (Å²) >= 11 is 5.83. The molecule has 106 valence electrons. The molecule has 1 N–H and O–H groups in total. The molecule has 0 unspecified atom stereocenters. The summed E-state index contributed by atoms with van der Waals surface area (Å²) in [6.07, 6.45) is 0. The monoisotopic (exact) mass is 293 g/mol. The number of hydrogen-bond acceptors (Lipinski definition) is 2. The fourth-order valence-electron chi connectivity index (χ4n) is 1.74. The van der Waals surface area contributed by atoms with Crippen molar-refractivity contribution in [2.45, 2.75) is 26.4 Å². The third-order valence-electron chi connectivity index (χ3n) is 2.80. The van der Waals surface area contributed by atoms with Crippen LogP contribution in [0.15, 0.2) is 42.5 Å². The Labute approximate surface area is 123 Å². The Hall–Kier alpha value is -1.58. The standard InChI is InChI=1S/C16H17ClFNO/c1-11(2)19-10-14-15(18)4-3-5-16(14)20-13-8-6-12(17)7-9-13/h3-9,11,19H,10H2,1-2H3. The first kappa shape index (κ1) is 14.8. The van der Waals surface area contributed by atoms with Gasteiger partial charge in [0.2, 0.25) is 0 Å². The minimum atomic E-state index is -0.274. The summed E-state index contributed by atoms with van der Waals surface area (Å²) in [5.74, 6) is 0.871. The van der Waals surface area contributed by atoms with Gasteiger partial charge in [0.05, 0.1) is 0 Å². The third kappa shape index (κ3) is 3.95. The Morgan fingerprint density at radius 3 is 2.50 bits per heavy atom. The average Bonchev–Trinajstić information content (AvgIpc) is 2.40. The van der Waals surface area contributed by atoms with Gasteiger partial charge in [-0.1, -0.05) is 31.5 Å². The fraction of sp³-hybridized carbons (Fsp3) is 0.250. The van der Waals surface area contributed by atoms with Gasteiger partial charge in [0, 0.05) is 23.2 Å². The zero-order chi connectivity index (χ0) is 14.5. The lowest BCUT2D eigenvalue weighted by Gasteiger charge is -2.14. The van der Waals surface area contributed by atoms with Crippen LogP contribution in [-0.4, -0.2) is 6.04 Å². The highest BCUT2D eigenvalue weighted by Gasteiger charge is 2.11. The molecule has 0 saturated carbocycles. The van der Waals surface area contributed by atoms with Crippen molar-refractivity contribution < 1.29 is 9.13 Å². The lowest BCUT2D eigenvalue weighted by molar-refractivity contribution is 0.457. The normalized spacial score (nSPS) is 10.8. The van der Waals surface area contributed by atoms with Crippen LogP contribution in [0.25, 0.3) is 0 Å². The zero-order valence-corrected chi connectivity index (χ0v) is 12.2. The van der Waals surface area contributed by atoms with Gasteiger partial charge in [-0.3, -0.25) is 0 Å². The topological polar surface area (TPSA) is 21.3 Å². The van der Waals surface area contributed by atoms with Crippen LogP contribution in [-0.2, 0) is 6.54 Å². The second-order valence-corrected chi connectivity index (χ2v) is 5.24. The summed E-state index contributed by atoms with van der Waals surface area (Å²) in [6.45, 7) is 4.45. The number of nitrogens with one attached hydrogen (secondary N) is 1. The molecule has 0 aromatic heterocycles. The van der Waals surface area contributed by atoms with E-state index in [1.165, 1.54) is 6.07 Å². The molecule has 2 nitrogen and oxygen atoms in total. The molecule has 2 aromatic carbocycles. The van der Waals surface area contributed by atoms with Crippen LogP contribution >= 0.6 is 11.6 Å². The molecule has 20 heavy (non-hydrogen) atoms. The van der Waals surface area contributed by atoms with Crippen LogP contribution in [0, 0.1) is 5.82 Å². The Morgan fingerprint density at radius 1 is 1.15 bits per heavy atom. The number of hydrogen-bond donors (Lipinski definition) is 1. The van der Waals surface area contributed by atoms with Crippen LogP contribution in [0.4, 0.5) is 4.39 Å². The van der Waals surface area contributed by atoms with Crippen molar-refractivity contribution >= 4 is 11.6 Å². The van der Waals surface area contributed by atoms with Crippen molar-refractivity contribution in [1.29, 1.82) is 0 Å². The second-order valence-electron chi connectivity index (χ2n) is 4.81. The molecule has 4 heteroatoms. The van der Waals surface area contributed by atoms with Crippen molar-refractivity contribution in [2.24, 2.45) is 0 Å². The molecule has 0 fully saturated rings.